The van der Waals surface area contributed by atoms with Gasteiger partial charge >= 0.3 is 0 Å². The lowest BCUT2D eigenvalue weighted by molar-refractivity contribution is -0.181. The number of allylic oxidation sites excluding steroid dienone is 1. The van der Waals surface area contributed by atoms with E-state index in [1.165, 1.54) is 56.9 Å². The van der Waals surface area contributed by atoms with Gasteiger partial charge in [0.2, 0.25) is 0 Å². The number of fused-ring (bicyclic) bond motifs is 1. The minimum absolute atomic E-state index is 0.232. The van der Waals surface area contributed by atoms with Crippen LogP contribution >= 0.6 is 0 Å². The van der Waals surface area contributed by atoms with Crippen molar-refractivity contribution < 1.29 is 9.84 Å². The Kier molecular flexibility index (Phi) is 7.23. The first-order valence-corrected chi connectivity index (χ1v) is 12.4. The zero-order chi connectivity index (χ0) is 21.3. The minimum Gasteiger partial charge on any atom is -0.385 e. The Morgan fingerprint density at radius 1 is 1.24 bits per heavy atom. The highest BCUT2D eigenvalue weighted by molar-refractivity contribution is 5.18. The van der Waals surface area contributed by atoms with Crippen molar-refractivity contribution in [3.63, 3.8) is 0 Å². The van der Waals surface area contributed by atoms with Crippen LogP contribution in [0, 0.1) is 29.1 Å². The van der Waals surface area contributed by atoms with E-state index < -0.39 is 5.60 Å². The first-order chi connectivity index (χ1) is 13.7. The van der Waals surface area contributed by atoms with Gasteiger partial charge in [0.1, 0.15) is 5.60 Å². The van der Waals surface area contributed by atoms with Gasteiger partial charge in [-0.1, -0.05) is 59.1 Å². The molecule has 168 valence electrons. The van der Waals surface area contributed by atoms with Gasteiger partial charge in [-0.15, -0.1) is 0 Å². The quantitative estimate of drug-likeness (QED) is 0.457. The number of ether oxygens (including phenoxy) is 1. The summed E-state index contributed by atoms with van der Waals surface area (Å²) in [5.74, 6) is 2.86. The summed E-state index contributed by atoms with van der Waals surface area (Å²) < 4.78 is 5.25. The number of hydrogen-bond acceptors (Lipinski definition) is 3. The van der Waals surface area contributed by atoms with Gasteiger partial charge in [0, 0.05) is 5.54 Å². The van der Waals surface area contributed by atoms with Crippen LogP contribution in [0.25, 0.3) is 0 Å². The Balaban J connectivity index is 1.86. The number of unbranched alkanes of at least 4 members (excludes halogenated alkanes) is 1. The Hall–Kier alpha value is -0.380. The SMILES string of the molecule is C=C(C)C1CCC2(NCCC3(O)COC3)CCC(C)(C(C)CC)C(CCCC)C12. The maximum absolute atomic E-state index is 10.5. The van der Waals surface area contributed by atoms with E-state index in [0.717, 1.165) is 24.8 Å². The molecule has 6 unspecified atom stereocenters. The summed E-state index contributed by atoms with van der Waals surface area (Å²) in [5.41, 5.74) is 1.46. The van der Waals surface area contributed by atoms with Gasteiger partial charge in [-0.05, 0) is 81.1 Å². The van der Waals surface area contributed by atoms with Crippen molar-refractivity contribution >= 4 is 0 Å². The standard InChI is InChI=1S/C26H47NO2/c1-7-9-10-22-23-21(19(3)4)11-12-26(23,14-13-24(22,6)20(5)8-2)27-16-15-25(28)17-29-18-25/h20-23,27-28H,3,7-18H2,1-2,4-6H3. The van der Waals surface area contributed by atoms with Gasteiger partial charge in [0.05, 0.1) is 13.2 Å². The molecular formula is C26H47NO2. The molecule has 3 fully saturated rings. The summed E-state index contributed by atoms with van der Waals surface area (Å²) in [7, 11) is 0. The number of rotatable bonds is 10. The lowest BCUT2D eigenvalue weighted by atomic mass is 9.50. The molecule has 3 aliphatic rings. The molecule has 3 heteroatoms. The topological polar surface area (TPSA) is 41.5 Å². The van der Waals surface area contributed by atoms with Crippen LogP contribution in [-0.2, 0) is 4.74 Å². The smallest absolute Gasteiger partial charge is 0.112 e. The lowest BCUT2D eigenvalue weighted by Crippen LogP contribution is -2.61. The van der Waals surface area contributed by atoms with Gasteiger partial charge in [-0.25, -0.2) is 0 Å². The highest BCUT2D eigenvalue weighted by atomic mass is 16.5. The van der Waals surface area contributed by atoms with Crippen molar-refractivity contribution in [2.24, 2.45) is 29.1 Å². The molecule has 1 aliphatic heterocycles. The Labute approximate surface area is 180 Å². The molecule has 0 amide bonds. The van der Waals surface area contributed by atoms with E-state index in [2.05, 4.69) is 46.5 Å². The highest BCUT2D eigenvalue weighted by Crippen LogP contribution is 2.62. The fraction of sp³-hybridized carbons (Fsp3) is 0.923. The summed E-state index contributed by atoms with van der Waals surface area (Å²) in [6, 6.07) is 0. The van der Waals surface area contributed by atoms with Crippen molar-refractivity contribution in [3.05, 3.63) is 12.2 Å². The molecule has 6 atom stereocenters. The van der Waals surface area contributed by atoms with E-state index in [9.17, 15) is 5.11 Å². The summed E-state index contributed by atoms with van der Waals surface area (Å²) in [4.78, 5) is 0. The third kappa shape index (κ3) is 4.34. The molecule has 0 radical (unpaired) electrons. The summed E-state index contributed by atoms with van der Waals surface area (Å²) in [5, 5.41) is 14.5. The minimum atomic E-state index is -0.590. The molecular weight excluding hydrogens is 358 g/mol. The van der Waals surface area contributed by atoms with E-state index in [-0.39, 0.29) is 5.54 Å². The molecule has 29 heavy (non-hydrogen) atoms. The van der Waals surface area contributed by atoms with Gasteiger partial charge in [0.25, 0.3) is 0 Å². The molecule has 0 spiro atoms. The molecule has 2 N–H and O–H groups in total. The van der Waals surface area contributed by atoms with Crippen LogP contribution in [0.15, 0.2) is 12.2 Å². The molecule has 3 rings (SSSR count). The maximum Gasteiger partial charge on any atom is 0.112 e. The molecule has 2 saturated carbocycles. The molecule has 3 nitrogen and oxygen atoms in total. The normalized spacial score (nSPS) is 39.6. The largest absolute Gasteiger partial charge is 0.385 e. The van der Waals surface area contributed by atoms with Crippen LogP contribution in [0.2, 0.25) is 0 Å². The Bertz CT molecular complexity index is 571. The first kappa shape index (κ1) is 23.3. The highest BCUT2D eigenvalue weighted by Gasteiger charge is 2.59. The van der Waals surface area contributed by atoms with Crippen LogP contribution < -0.4 is 5.32 Å². The Morgan fingerprint density at radius 3 is 2.52 bits per heavy atom. The van der Waals surface area contributed by atoms with E-state index in [1.807, 2.05) is 0 Å². The van der Waals surface area contributed by atoms with E-state index >= 15 is 0 Å². The number of aliphatic hydroxyl groups is 1. The lowest BCUT2D eigenvalue weighted by Gasteiger charge is -2.57. The predicted molar refractivity (Wildman–Crippen MR) is 122 cm³/mol. The summed E-state index contributed by atoms with van der Waals surface area (Å²) in [6.45, 7) is 18.4. The Morgan fingerprint density at radius 2 is 1.97 bits per heavy atom. The number of hydrogen-bond donors (Lipinski definition) is 2. The molecule has 2 aliphatic carbocycles. The summed E-state index contributed by atoms with van der Waals surface area (Å²) >= 11 is 0. The van der Waals surface area contributed by atoms with Crippen molar-refractivity contribution in [2.45, 2.75) is 104 Å². The molecule has 0 aromatic carbocycles. The molecule has 0 bridgehead atoms. The molecule has 0 aromatic heterocycles. The molecule has 1 saturated heterocycles. The predicted octanol–water partition coefficient (Wildman–Crippen LogP) is 5.72. The molecule has 0 aromatic rings. The van der Waals surface area contributed by atoms with E-state index in [1.54, 1.807) is 0 Å². The van der Waals surface area contributed by atoms with Crippen LogP contribution in [0.4, 0.5) is 0 Å². The second-order valence-corrected chi connectivity index (χ2v) is 11.1. The maximum atomic E-state index is 10.5. The first-order valence-electron chi connectivity index (χ1n) is 12.4. The van der Waals surface area contributed by atoms with Crippen molar-refractivity contribution in [1.82, 2.24) is 5.32 Å². The van der Waals surface area contributed by atoms with Crippen LogP contribution in [0.3, 0.4) is 0 Å². The van der Waals surface area contributed by atoms with Crippen molar-refractivity contribution in [1.29, 1.82) is 0 Å². The van der Waals surface area contributed by atoms with E-state index in [4.69, 9.17) is 4.74 Å². The third-order valence-corrected chi connectivity index (χ3v) is 9.41. The average Bonchev–Trinajstić information content (AvgIpc) is 3.05. The monoisotopic (exact) mass is 405 g/mol. The van der Waals surface area contributed by atoms with Gasteiger partial charge in [-0.3, -0.25) is 0 Å². The van der Waals surface area contributed by atoms with Crippen molar-refractivity contribution in [3.8, 4) is 0 Å². The molecule has 1 heterocycles. The average molecular weight is 406 g/mol. The fourth-order valence-electron chi connectivity index (χ4n) is 7.07. The fourth-order valence-corrected chi connectivity index (χ4v) is 7.07. The van der Waals surface area contributed by atoms with Crippen LogP contribution in [0.1, 0.15) is 92.4 Å². The third-order valence-electron chi connectivity index (χ3n) is 9.41. The van der Waals surface area contributed by atoms with Gasteiger partial charge in [0.15, 0.2) is 0 Å². The second-order valence-electron chi connectivity index (χ2n) is 11.1. The zero-order valence-corrected chi connectivity index (χ0v) is 19.9. The van der Waals surface area contributed by atoms with E-state index in [0.29, 0.717) is 30.5 Å². The zero-order valence-electron chi connectivity index (χ0n) is 19.9. The number of nitrogens with one attached hydrogen (secondary N) is 1. The van der Waals surface area contributed by atoms with Crippen molar-refractivity contribution in [2.75, 3.05) is 19.8 Å². The van der Waals surface area contributed by atoms with Gasteiger partial charge < -0.3 is 15.2 Å². The second kappa shape index (κ2) is 9.01. The van der Waals surface area contributed by atoms with Crippen LogP contribution in [-0.4, -0.2) is 36.0 Å². The summed E-state index contributed by atoms with van der Waals surface area (Å²) in [6.07, 6.45) is 11.2. The van der Waals surface area contributed by atoms with Crippen LogP contribution in [0.5, 0.6) is 0 Å². The van der Waals surface area contributed by atoms with Gasteiger partial charge in [-0.2, -0.15) is 0 Å².